The fraction of sp³-hybridized carbons (Fsp3) is 0.938. The van der Waals surface area contributed by atoms with E-state index in [0.29, 0.717) is 5.91 Å². The van der Waals surface area contributed by atoms with Crippen LogP contribution in [0.25, 0.3) is 0 Å². The largest absolute Gasteiger partial charge is 0.343 e. The van der Waals surface area contributed by atoms with Crippen LogP contribution in [-0.4, -0.2) is 23.9 Å². The minimum atomic E-state index is 0.380. The van der Waals surface area contributed by atoms with E-state index in [1.165, 1.54) is 64.2 Å². The minimum absolute atomic E-state index is 0.380. The summed E-state index contributed by atoms with van der Waals surface area (Å²) in [6.45, 7) is 4.29. The van der Waals surface area contributed by atoms with Crippen molar-refractivity contribution in [2.45, 2.75) is 84.0 Å². The van der Waals surface area contributed by atoms with Crippen LogP contribution in [-0.2, 0) is 4.79 Å². The van der Waals surface area contributed by atoms with Gasteiger partial charge in [-0.2, -0.15) is 0 Å². The lowest BCUT2D eigenvalue weighted by Crippen LogP contribution is -2.25. The Labute approximate surface area is 113 Å². The molecule has 1 fully saturated rings. The lowest BCUT2D eigenvalue weighted by molar-refractivity contribution is -0.127. The van der Waals surface area contributed by atoms with Crippen LogP contribution in [0.5, 0.6) is 0 Å². The van der Waals surface area contributed by atoms with Crippen LogP contribution in [0.1, 0.15) is 84.0 Å². The Morgan fingerprint density at radius 2 is 1.44 bits per heavy atom. The number of nitrogens with zero attached hydrogens (tertiary/aromatic N) is 1. The first kappa shape index (κ1) is 15.5. The SMILES string of the molecule is CCCCCCCCCCCCN1CCCC1=O. The van der Waals surface area contributed by atoms with Crippen molar-refractivity contribution in [2.24, 2.45) is 0 Å². The van der Waals surface area contributed by atoms with Gasteiger partial charge in [0, 0.05) is 19.5 Å². The average Bonchev–Trinajstić information content (AvgIpc) is 2.77. The highest BCUT2D eigenvalue weighted by atomic mass is 16.2. The molecule has 0 spiro atoms. The number of amides is 1. The summed E-state index contributed by atoms with van der Waals surface area (Å²) in [4.78, 5) is 13.4. The molecule has 0 aliphatic carbocycles. The second-order valence-corrected chi connectivity index (χ2v) is 5.67. The van der Waals surface area contributed by atoms with Crippen LogP contribution in [0, 0.1) is 0 Å². The number of carbonyl (C=O) groups is 1. The van der Waals surface area contributed by atoms with Crippen molar-refractivity contribution in [1.29, 1.82) is 0 Å². The van der Waals surface area contributed by atoms with Gasteiger partial charge in [0.1, 0.15) is 0 Å². The molecule has 0 aromatic heterocycles. The van der Waals surface area contributed by atoms with Crippen LogP contribution in [0.3, 0.4) is 0 Å². The highest BCUT2D eigenvalue weighted by Crippen LogP contribution is 2.13. The van der Waals surface area contributed by atoms with E-state index in [1.807, 2.05) is 4.90 Å². The molecule has 1 amide bonds. The minimum Gasteiger partial charge on any atom is -0.343 e. The summed E-state index contributed by atoms with van der Waals surface area (Å²) in [5.41, 5.74) is 0. The van der Waals surface area contributed by atoms with Crippen molar-refractivity contribution in [3.05, 3.63) is 0 Å². The molecule has 106 valence electrons. The third kappa shape index (κ3) is 7.03. The van der Waals surface area contributed by atoms with Crippen molar-refractivity contribution in [3.8, 4) is 0 Å². The highest BCUT2D eigenvalue weighted by molar-refractivity contribution is 5.77. The summed E-state index contributed by atoms with van der Waals surface area (Å²) in [6, 6.07) is 0. The predicted octanol–water partition coefficient (Wildman–Crippen LogP) is 4.53. The molecule has 2 heteroatoms. The molecule has 1 heterocycles. The normalized spacial score (nSPS) is 15.6. The number of hydrogen-bond acceptors (Lipinski definition) is 1. The summed E-state index contributed by atoms with van der Waals surface area (Å²) in [7, 11) is 0. The fourth-order valence-electron chi connectivity index (χ4n) is 2.73. The average molecular weight is 253 g/mol. The monoisotopic (exact) mass is 253 g/mol. The second kappa shape index (κ2) is 10.4. The molecule has 0 radical (unpaired) electrons. The van der Waals surface area contributed by atoms with Gasteiger partial charge in [0.25, 0.3) is 0 Å². The van der Waals surface area contributed by atoms with Crippen molar-refractivity contribution in [1.82, 2.24) is 4.90 Å². The summed E-state index contributed by atoms with van der Waals surface area (Å²) < 4.78 is 0. The molecule has 2 nitrogen and oxygen atoms in total. The molecule has 0 aromatic carbocycles. The second-order valence-electron chi connectivity index (χ2n) is 5.67. The number of likely N-dealkylation sites (tertiary alicyclic amines) is 1. The Hall–Kier alpha value is -0.530. The first-order chi connectivity index (χ1) is 8.84. The van der Waals surface area contributed by atoms with Crippen molar-refractivity contribution in [2.75, 3.05) is 13.1 Å². The fourth-order valence-corrected chi connectivity index (χ4v) is 2.73. The van der Waals surface area contributed by atoms with E-state index in [9.17, 15) is 4.79 Å². The summed E-state index contributed by atoms with van der Waals surface area (Å²) >= 11 is 0. The summed E-state index contributed by atoms with van der Waals surface area (Å²) in [5, 5.41) is 0. The van der Waals surface area contributed by atoms with E-state index in [1.54, 1.807) is 0 Å². The van der Waals surface area contributed by atoms with E-state index < -0.39 is 0 Å². The van der Waals surface area contributed by atoms with E-state index >= 15 is 0 Å². The van der Waals surface area contributed by atoms with E-state index in [-0.39, 0.29) is 0 Å². The van der Waals surface area contributed by atoms with Gasteiger partial charge in [-0.25, -0.2) is 0 Å². The smallest absolute Gasteiger partial charge is 0.222 e. The summed E-state index contributed by atoms with van der Waals surface area (Å²) in [6.07, 6.45) is 15.6. The van der Waals surface area contributed by atoms with E-state index in [0.717, 1.165) is 25.9 Å². The molecule has 0 N–H and O–H groups in total. The standard InChI is InChI=1S/C16H31NO/c1-2-3-4-5-6-7-8-9-10-11-14-17-15-12-13-16(17)18/h2-15H2,1H3. The Morgan fingerprint density at radius 3 is 1.94 bits per heavy atom. The lowest BCUT2D eigenvalue weighted by Gasteiger charge is -2.14. The first-order valence-electron chi connectivity index (χ1n) is 8.12. The predicted molar refractivity (Wildman–Crippen MR) is 77.7 cm³/mol. The zero-order valence-electron chi connectivity index (χ0n) is 12.3. The molecular formula is C16H31NO. The van der Waals surface area contributed by atoms with Gasteiger partial charge in [-0.1, -0.05) is 64.7 Å². The Bertz CT molecular complexity index is 215. The van der Waals surface area contributed by atoms with Gasteiger partial charge in [0.15, 0.2) is 0 Å². The number of carbonyl (C=O) groups excluding carboxylic acids is 1. The maximum atomic E-state index is 11.4. The van der Waals surface area contributed by atoms with Gasteiger partial charge in [0.05, 0.1) is 0 Å². The Balaban J connectivity index is 1.77. The van der Waals surface area contributed by atoms with Gasteiger partial charge in [-0.3, -0.25) is 4.79 Å². The molecule has 1 saturated heterocycles. The van der Waals surface area contributed by atoms with Crippen LogP contribution in [0.2, 0.25) is 0 Å². The zero-order chi connectivity index (χ0) is 13.1. The van der Waals surface area contributed by atoms with Crippen LogP contribution in [0.4, 0.5) is 0 Å². The zero-order valence-corrected chi connectivity index (χ0v) is 12.3. The molecule has 0 unspecified atom stereocenters. The lowest BCUT2D eigenvalue weighted by atomic mass is 10.1. The van der Waals surface area contributed by atoms with Crippen LogP contribution >= 0.6 is 0 Å². The van der Waals surface area contributed by atoms with Crippen LogP contribution in [0.15, 0.2) is 0 Å². The molecular weight excluding hydrogens is 222 g/mol. The van der Waals surface area contributed by atoms with Crippen LogP contribution < -0.4 is 0 Å². The molecule has 0 bridgehead atoms. The quantitative estimate of drug-likeness (QED) is 0.495. The van der Waals surface area contributed by atoms with Gasteiger partial charge in [-0.15, -0.1) is 0 Å². The third-order valence-electron chi connectivity index (χ3n) is 3.95. The third-order valence-corrected chi connectivity index (χ3v) is 3.95. The van der Waals surface area contributed by atoms with Gasteiger partial charge >= 0.3 is 0 Å². The van der Waals surface area contributed by atoms with Gasteiger partial charge < -0.3 is 4.90 Å². The topological polar surface area (TPSA) is 20.3 Å². The van der Waals surface area contributed by atoms with Gasteiger partial charge in [-0.05, 0) is 12.8 Å². The molecule has 18 heavy (non-hydrogen) atoms. The van der Waals surface area contributed by atoms with Gasteiger partial charge in [0.2, 0.25) is 5.91 Å². The molecule has 1 aliphatic rings. The maximum absolute atomic E-state index is 11.4. The van der Waals surface area contributed by atoms with Crippen molar-refractivity contribution in [3.63, 3.8) is 0 Å². The van der Waals surface area contributed by atoms with Crippen molar-refractivity contribution >= 4 is 5.91 Å². The first-order valence-corrected chi connectivity index (χ1v) is 8.12. The Kier molecular flexibility index (Phi) is 8.97. The number of rotatable bonds is 11. The maximum Gasteiger partial charge on any atom is 0.222 e. The molecule has 0 aromatic rings. The number of hydrogen-bond donors (Lipinski definition) is 0. The molecule has 1 rings (SSSR count). The van der Waals surface area contributed by atoms with E-state index in [4.69, 9.17) is 0 Å². The van der Waals surface area contributed by atoms with E-state index in [2.05, 4.69) is 6.92 Å². The van der Waals surface area contributed by atoms with Crippen molar-refractivity contribution < 1.29 is 4.79 Å². The molecule has 0 saturated carbocycles. The highest BCUT2D eigenvalue weighted by Gasteiger charge is 2.18. The molecule has 1 aliphatic heterocycles. The summed E-state index contributed by atoms with van der Waals surface area (Å²) in [5.74, 6) is 0.380. The Morgan fingerprint density at radius 1 is 0.889 bits per heavy atom. The molecule has 0 atom stereocenters. The number of unbranched alkanes of at least 4 members (excludes halogenated alkanes) is 9.